The molecule has 7 heteroatoms. The van der Waals surface area contributed by atoms with Crippen LogP contribution in [0.4, 0.5) is 4.39 Å². The fraction of sp³-hybridized carbons (Fsp3) is 0.238. The van der Waals surface area contributed by atoms with Crippen LogP contribution >= 0.6 is 0 Å². The molecule has 0 saturated carbocycles. The lowest BCUT2D eigenvalue weighted by atomic mass is 10.1. The Morgan fingerprint density at radius 2 is 2.04 bits per heavy atom. The van der Waals surface area contributed by atoms with Crippen molar-refractivity contribution >= 4 is 5.71 Å². The fourth-order valence-corrected chi connectivity index (χ4v) is 2.89. The molecule has 1 atom stereocenters. The first-order valence-corrected chi connectivity index (χ1v) is 8.98. The summed E-state index contributed by atoms with van der Waals surface area (Å²) < 4.78 is 15.4. The van der Waals surface area contributed by atoms with Crippen molar-refractivity contribution in [2.45, 2.75) is 25.9 Å². The maximum absolute atomic E-state index is 14.0. The standard InChI is InChI=1S/C21H22FN5O/c1-14(25-12-15-6-4-3-5-7-15)10-18(23)21-26-19(11-20(28)27(21)2)16-8-9-24-13-17(16)22/h3-9,11,13-14,23,25H,10,12H2,1-2H3/t14-/m1/s1. The second-order valence-electron chi connectivity index (χ2n) is 6.67. The third-order valence-corrected chi connectivity index (χ3v) is 4.46. The Hall–Kier alpha value is -3.19. The second kappa shape index (κ2) is 8.67. The lowest BCUT2D eigenvalue weighted by Gasteiger charge is -2.16. The van der Waals surface area contributed by atoms with Crippen molar-refractivity contribution < 1.29 is 4.39 Å². The monoisotopic (exact) mass is 379 g/mol. The Kier molecular flexibility index (Phi) is 6.06. The van der Waals surface area contributed by atoms with E-state index in [0.717, 1.165) is 11.8 Å². The number of benzene rings is 1. The fourth-order valence-electron chi connectivity index (χ4n) is 2.89. The molecular formula is C21H22FN5O. The number of hydrogen-bond donors (Lipinski definition) is 2. The van der Waals surface area contributed by atoms with Gasteiger partial charge in [0.25, 0.3) is 5.56 Å². The van der Waals surface area contributed by atoms with Gasteiger partial charge in [0.05, 0.1) is 17.6 Å². The molecule has 0 fully saturated rings. The van der Waals surface area contributed by atoms with Gasteiger partial charge in [-0.15, -0.1) is 0 Å². The van der Waals surface area contributed by atoms with E-state index in [1.807, 2.05) is 37.3 Å². The van der Waals surface area contributed by atoms with Gasteiger partial charge in [0.15, 0.2) is 11.6 Å². The lowest BCUT2D eigenvalue weighted by Crippen LogP contribution is -2.31. The third kappa shape index (κ3) is 4.55. The predicted octanol–water partition coefficient (Wildman–Crippen LogP) is 2.92. The van der Waals surface area contributed by atoms with Crippen molar-refractivity contribution in [3.8, 4) is 11.3 Å². The molecule has 0 saturated heterocycles. The Bertz CT molecular complexity index is 1030. The van der Waals surface area contributed by atoms with E-state index < -0.39 is 5.82 Å². The molecule has 0 aliphatic rings. The first-order valence-electron chi connectivity index (χ1n) is 8.98. The van der Waals surface area contributed by atoms with Crippen LogP contribution in [0.3, 0.4) is 0 Å². The summed E-state index contributed by atoms with van der Waals surface area (Å²) >= 11 is 0. The van der Waals surface area contributed by atoms with Crippen molar-refractivity contribution in [1.29, 1.82) is 5.41 Å². The second-order valence-corrected chi connectivity index (χ2v) is 6.67. The lowest BCUT2D eigenvalue weighted by molar-refractivity contribution is 0.561. The molecule has 0 aliphatic heterocycles. The maximum Gasteiger partial charge on any atom is 0.254 e. The first kappa shape index (κ1) is 19.6. The highest BCUT2D eigenvalue weighted by Crippen LogP contribution is 2.19. The summed E-state index contributed by atoms with van der Waals surface area (Å²) in [6, 6.07) is 12.7. The van der Waals surface area contributed by atoms with E-state index in [-0.39, 0.29) is 34.4 Å². The molecule has 6 nitrogen and oxygen atoms in total. The highest BCUT2D eigenvalue weighted by molar-refractivity contribution is 5.95. The zero-order valence-electron chi connectivity index (χ0n) is 15.8. The molecule has 144 valence electrons. The summed E-state index contributed by atoms with van der Waals surface area (Å²) in [5, 5.41) is 11.8. The molecule has 2 heterocycles. The summed E-state index contributed by atoms with van der Waals surface area (Å²) in [7, 11) is 1.56. The van der Waals surface area contributed by atoms with Gasteiger partial charge < -0.3 is 10.7 Å². The molecule has 2 aromatic heterocycles. The van der Waals surface area contributed by atoms with Crippen LogP contribution in [0.2, 0.25) is 0 Å². The van der Waals surface area contributed by atoms with Gasteiger partial charge in [0, 0.05) is 43.9 Å². The van der Waals surface area contributed by atoms with Crippen LogP contribution in [0.15, 0.2) is 59.7 Å². The van der Waals surface area contributed by atoms with Crippen molar-refractivity contribution in [3.63, 3.8) is 0 Å². The molecule has 0 amide bonds. The van der Waals surface area contributed by atoms with Crippen molar-refractivity contribution in [1.82, 2.24) is 19.9 Å². The van der Waals surface area contributed by atoms with Gasteiger partial charge >= 0.3 is 0 Å². The van der Waals surface area contributed by atoms with E-state index >= 15 is 0 Å². The van der Waals surface area contributed by atoms with Gasteiger partial charge in [-0.05, 0) is 18.6 Å². The van der Waals surface area contributed by atoms with Crippen molar-refractivity contribution in [2.24, 2.45) is 7.05 Å². The number of nitrogens with zero attached hydrogens (tertiary/aromatic N) is 3. The maximum atomic E-state index is 14.0. The SMILES string of the molecule is C[C@H](CC(=N)c1nc(-c2ccncc2F)cc(=O)n1C)NCc1ccccc1. The smallest absolute Gasteiger partial charge is 0.254 e. The highest BCUT2D eigenvalue weighted by atomic mass is 19.1. The van der Waals surface area contributed by atoms with E-state index in [1.54, 1.807) is 7.05 Å². The van der Waals surface area contributed by atoms with Crippen LogP contribution in [0, 0.1) is 11.2 Å². The van der Waals surface area contributed by atoms with E-state index in [1.165, 1.54) is 22.9 Å². The Balaban J connectivity index is 1.77. The van der Waals surface area contributed by atoms with E-state index in [9.17, 15) is 9.18 Å². The summed E-state index contributed by atoms with van der Waals surface area (Å²) in [4.78, 5) is 20.4. The van der Waals surface area contributed by atoms with E-state index in [2.05, 4.69) is 15.3 Å². The molecule has 3 aromatic rings. The summed E-state index contributed by atoms with van der Waals surface area (Å²) in [5.74, 6) is -0.328. The van der Waals surface area contributed by atoms with Gasteiger partial charge in [0.2, 0.25) is 0 Å². The number of hydrogen-bond acceptors (Lipinski definition) is 5. The Morgan fingerprint density at radius 3 is 2.75 bits per heavy atom. The number of pyridine rings is 1. The normalized spacial score (nSPS) is 12.0. The molecule has 3 rings (SSSR count). The minimum Gasteiger partial charge on any atom is -0.310 e. The van der Waals surface area contributed by atoms with Crippen molar-refractivity contribution in [3.05, 3.63) is 82.4 Å². The average Bonchev–Trinajstić information content (AvgIpc) is 2.69. The summed E-state index contributed by atoms with van der Waals surface area (Å²) in [6.07, 6.45) is 2.91. The van der Waals surface area contributed by atoms with Crippen LogP contribution in [0.25, 0.3) is 11.3 Å². The largest absolute Gasteiger partial charge is 0.310 e. The quantitative estimate of drug-likeness (QED) is 0.618. The Labute approximate surface area is 162 Å². The van der Waals surface area contributed by atoms with Crippen LogP contribution in [-0.4, -0.2) is 26.3 Å². The molecule has 0 spiro atoms. The topological polar surface area (TPSA) is 83.7 Å². The van der Waals surface area contributed by atoms with Crippen LogP contribution in [0.1, 0.15) is 24.7 Å². The first-order chi connectivity index (χ1) is 13.5. The van der Waals surface area contributed by atoms with E-state index in [0.29, 0.717) is 13.0 Å². The minimum absolute atomic E-state index is 0.00549. The van der Waals surface area contributed by atoms with Crippen LogP contribution < -0.4 is 10.9 Å². The Morgan fingerprint density at radius 1 is 1.29 bits per heavy atom. The predicted molar refractivity (Wildman–Crippen MR) is 107 cm³/mol. The molecule has 0 bridgehead atoms. The van der Waals surface area contributed by atoms with Crippen LogP contribution in [0.5, 0.6) is 0 Å². The van der Waals surface area contributed by atoms with Gasteiger partial charge in [-0.2, -0.15) is 0 Å². The highest BCUT2D eigenvalue weighted by Gasteiger charge is 2.16. The van der Waals surface area contributed by atoms with Gasteiger partial charge in [-0.1, -0.05) is 30.3 Å². The average molecular weight is 379 g/mol. The zero-order valence-corrected chi connectivity index (χ0v) is 15.8. The molecule has 28 heavy (non-hydrogen) atoms. The van der Waals surface area contributed by atoms with Gasteiger partial charge in [-0.3, -0.25) is 14.3 Å². The van der Waals surface area contributed by atoms with E-state index in [4.69, 9.17) is 5.41 Å². The van der Waals surface area contributed by atoms with Crippen LogP contribution in [-0.2, 0) is 13.6 Å². The van der Waals surface area contributed by atoms with Crippen molar-refractivity contribution in [2.75, 3.05) is 0 Å². The number of halogens is 1. The number of aromatic nitrogens is 3. The third-order valence-electron chi connectivity index (χ3n) is 4.46. The molecule has 0 unspecified atom stereocenters. The molecular weight excluding hydrogens is 357 g/mol. The molecule has 0 aliphatic carbocycles. The van der Waals surface area contributed by atoms with Gasteiger partial charge in [-0.25, -0.2) is 9.37 Å². The number of rotatable bonds is 7. The minimum atomic E-state index is -0.557. The zero-order chi connectivity index (χ0) is 20.1. The number of nitrogens with one attached hydrogen (secondary N) is 2. The van der Waals surface area contributed by atoms with Gasteiger partial charge in [0.1, 0.15) is 0 Å². The molecule has 1 aromatic carbocycles. The molecule has 2 N–H and O–H groups in total. The summed E-state index contributed by atoms with van der Waals surface area (Å²) in [6.45, 7) is 2.66. The summed E-state index contributed by atoms with van der Waals surface area (Å²) in [5.41, 5.74) is 1.42. The molecule has 0 radical (unpaired) electrons.